The Balaban J connectivity index is 2.30. The number of nitrogens with zero attached hydrogens (tertiary/aromatic N) is 2. The van der Waals surface area contributed by atoms with Gasteiger partial charge in [0.15, 0.2) is 0 Å². The maximum Gasteiger partial charge on any atom is 0.310 e. The third kappa shape index (κ3) is 2.85. The van der Waals surface area contributed by atoms with Gasteiger partial charge in [0.1, 0.15) is 10.7 Å². The Morgan fingerprint density at radius 2 is 2.30 bits per heavy atom. The quantitative estimate of drug-likeness (QED) is 0.685. The molecule has 0 bridgehead atoms. The lowest BCUT2D eigenvalue weighted by atomic mass is 9.96. The Morgan fingerprint density at radius 3 is 2.95 bits per heavy atom. The van der Waals surface area contributed by atoms with Gasteiger partial charge in [0.25, 0.3) is 0 Å². The van der Waals surface area contributed by atoms with Gasteiger partial charge in [-0.2, -0.15) is 0 Å². The average molecular weight is 298 g/mol. The van der Waals surface area contributed by atoms with Crippen molar-refractivity contribution in [1.29, 1.82) is 0 Å². The van der Waals surface area contributed by atoms with E-state index >= 15 is 0 Å². The summed E-state index contributed by atoms with van der Waals surface area (Å²) in [6.45, 7) is 1.16. The molecular formula is C13H16ClN3O3. The third-order valence-electron chi connectivity index (χ3n) is 3.53. The van der Waals surface area contributed by atoms with E-state index in [2.05, 4.69) is 5.32 Å². The van der Waals surface area contributed by atoms with Gasteiger partial charge in [-0.05, 0) is 25.0 Å². The molecule has 1 fully saturated rings. The fraction of sp³-hybridized carbons (Fsp3) is 0.462. The normalized spacial score (nSPS) is 18.7. The highest BCUT2D eigenvalue weighted by Gasteiger charge is 2.29. The van der Waals surface area contributed by atoms with E-state index in [1.54, 1.807) is 19.2 Å². The standard InChI is InChI=1S/C13H16ClN3O3/c1-15-13(18)9-4-3-7-16(8-9)11-6-2-5-10(14)12(11)17(19)20/h2,5-6,9H,3-4,7-8H2,1H3,(H,15,18). The first-order valence-electron chi connectivity index (χ1n) is 6.44. The topological polar surface area (TPSA) is 75.5 Å². The number of amides is 1. The van der Waals surface area contributed by atoms with Gasteiger partial charge in [0.2, 0.25) is 5.91 Å². The van der Waals surface area contributed by atoms with Crippen LogP contribution in [0.15, 0.2) is 18.2 Å². The van der Waals surface area contributed by atoms with Crippen LogP contribution in [-0.2, 0) is 4.79 Å². The predicted molar refractivity (Wildman–Crippen MR) is 77.1 cm³/mol. The number of para-hydroxylation sites is 1. The number of piperidine rings is 1. The van der Waals surface area contributed by atoms with E-state index in [4.69, 9.17) is 11.6 Å². The summed E-state index contributed by atoms with van der Waals surface area (Å²) < 4.78 is 0. The second kappa shape index (κ2) is 6.09. The third-order valence-corrected chi connectivity index (χ3v) is 3.83. The zero-order valence-electron chi connectivity index (χ0n) is 11.1. The number of carbonyl (C=O) groups excluding carboxylic acids is 1. The highest BCUT2D eigenvalue weighted by atomic mass is 35.5. The van der Waals surface area contributed by atoms with E-state index in [1.807, 2.05) is 4.90 Å². The van der Waals surface area contributed by atoms with Crippen LogP contribution in [-0.4, -0.2) is 31.0 Å². The summed E-state index contributed by atoms with van der Waals surface area (Å²) in [4.78, 5) is 24.3. The SMILES string of the molecule is CNC(=O)C1CCCN(c2cccc(Cl)c2[N+](=O)[O-])C1. The Labute approximate surface area is 121 Å². The number of benzene rings is 1. The molecule has 0 aliphatic carbocycles. The molecule has 1 saturated heterocycles. The lowest BCUT2D eigenvalue weighted by Gasteiger charge is -2.33. The number of nitro benzene ring substituents is 1. The van der Waals surface area contributed by atoms with Crippen LogP contribution >= 0.6 is 11.6 Å². The van der Waals surface area contributed by atoms with Crippen LogP contribution in [0.25, 0.3) is 0 Å². The number of carbonyl (C=O) groups is 1. The summed E-state index contributed by atoms with van der Waals surface area (Å²) in [5.74, 6) is -0.174. The van der Waals surface area contributed by atoms with Crippen molar-refractivity contribution in [3.8, 4) is 0 Å². The minimum absolute atomic E-state index is 0.0284. The monoisotopic (exact) mass is 297 g/mol. The highest BCUT2D eigenvalue weighted by Crippen LogP contribution is 2.36. The molecule has 2 rings (SSSR count). The molecule has 1 aliphatic heterocycles. The molecule has 1 N–H and O–H groups in total. The lowest BCUT2D eigenvalue weighted by molar-refractivity contribution is -0.384. The molecule has 7 heteroatoms. The second-order valence-corrected chi connectivity index (χ2v) is 5.17. The maximum absolute atomic E-state index is 11.7. The number of anilines is 1. The summed E-state index contributed by atoms with van der Waals surface area (Å²) in [5.41, 5.74) is 0.392. The number of hydrogen-bond acceptors (Lipinski definition) is 4. The molecule has 1 aliphatic rings. The Kier molecular flexibility index (Phi) is 4.44. The van der Waals surface area contributed by atoms with Crippen LogP contribution in [0.1, 0.15) is 12.8 Å². The molecule has 0 spiro atoms. The van der Waals surface area contributed by atoms with Gasteiger partial charge in [0.05, 0.1) is 10.8 Å². The summed E-state index contributed by atoms with van der Waals surface area (Å²) in [5, 5.41) is 13.9. The van der Waals surface area contributed by atoms with E-state index in [0.29, 0.717) is 18.8 Å². The first-order chi connectivity index (χ1) is 9.54. The number of halogens is 1. The first kappa shape index (κ1) is 14.6. The van der Waals surface area contributed by atoms with Crippen molar-refractivity contribution in [2.24, 2.45) is 5.92 Å². The van der Waals surface area contributed by atoms with Crippen LogP contribution in [0.5, 0.6) is 0 Å². The van der Waals surface area contributed by atoms with Gasteiger partial charge in [-0.15, -0.1) is 0 Å². The molecule has 1 heterocycles. The fourth-order valence-electron chi connectivity index (χ4n) is 2.55. The van der Waals surface area contributed by atoms with E-state index in [0.717, 1.165) is 12.8 Å². The van der Waals surface area contributed by atoms with E-state index in [-0.39, 0.29) is 22.5 Å². The van der Waals surface area contributed by atoms with Crippen LogP contribution in [0.2, 0.25) is 5.02 Å². The van der Waals surface area contributed by atoms with Gasteiger partial charge in [-0.25, -0.2) is 0 Å². The van der Waals surface area contributed by atoms with Crippen LogP contribution < -0.4 is 10.2 Å². The van der Waals surface area contributed by atoms with Crippen molar-refractivity contribution >= 4 is 28.9 Å². The molecular weight excluding hydrogens is 282 g/mol. The van der Waals surface area contributed by atoms with Crippen LogP contribution in [0.3, 0.4) is 0 Å². The summed E-state index contributed by atoms with van der Waals surface area (Å²) in [7, 11) is 1.60. The van der Waals surface area contributed by atoms with E-state index in [1.165, 1.54) is 6.07 Å². The highest BCUT2D eigenvalue weighted by molar-refractivity contribution is 6.33. The van der Waals surface area contributed by atoms with Crippen molar-refractivity contribution in [3.63, 3.8) is 0 Å². The van der Waals surface area contributed by atoms with Crippen molar-refractivity contribution < 1.29 is 9.72 Å². The molecule has 1 aromatic carbocycles. The molecule has 1 unspecified atom stereocenters. The number of rotatable bonds is 3. The van der Waals surface area contributed by atoms with Crippen molar-refractivity contribution in [2.45, 2.75) is 12.8 Å². The van der Waals surface area contributed by atoms with E-state index < -0.39 is 4.92 Å². The van der Waals surface area contributed by atoms with Crippen molar-refractivity contribution in [2.75, 3.05) is 25.0 Å². The number of nitro groups is 1. The average Bonchev–Trinajstić information content (AvgIpc) is 2.45. The second-order valence-electron chi connectivity index (χ2n) is 4.76. The molecule has 108 valence electrons. The largest absolute Gasteiger partial charge is 0.365 e. The van der Waals surface area contributed by atoms with Gasteiger partial charge in [-0.1, -0.05) is 17.7 Å². The molecule has 1 aromatic rings. The summed E-state index contributed by atoms with van der Waals surface area (Å²) >= 11 is 5.92. The molecule has 0 aromatic heterocycles. The molecule has 1 amide bonds. The molecule has 0 saturated carbocycles. The van der Waals surface area contributed by atoms with Gasteiger partial charge in [0, 0.05) is 20.1 Å². The van der Waals surface area contributed by atoms with Crippen LogP contribution in [0, 0.1) is 16.0 Å². The van der Waals surface area contributed by atoms with Gasteiger partial charge >= 0.3 is 5.69 Å². The minimum atomic E-state index is -0.471. The maximum atomic E-state index is 11.7. The summed E-state index contributed by atoms with van der Waals surface area (Å²) in [6.07, 6.45) is 1.62. The Morgan fingerprint density at radius 1 is 1.55 bits per heavy atom. The molecule has 1 atom stereocenters. The van der Waals surface area contributed by atoms with Crippen LogP contribution in [0.4, 0.5) is 11.4 Å². The molecule has 0 radical (unpaired) electrons. The zero-order chi connectivity index (χ0) is 14.7. The van der Waals surface area contributed by atoms with Gasteiger partial charge < -0.3 is 10.2 Å². The molecule has 6 nitrogen and oxygen atoms in total. The first-order valence-corrected chi connectivity index (χ1v) is 6.82. The van der Waals surface area contributed by atoms with Gasteiger partial charge in [-0.3, -0.25) is 14.9 Å². The lowest BCUT2D eigenvalue weighted by Crippen LogP contribution is -2.42. The fourth-order valence-corrected chi connectivity index (χ4v) is 2.79. The Hall–Kier alpha value is -1.82. The zero-order valence-corrected chi connectivity index (χ0v) is 11.9. The number of nitrogens with one attached hydrogen (secondary N) is 1. The summed E-state index contributed by atoms with van der Waals surface area (Å²) in [6, 6.07) is 4.87. The predicted octanol–water partition coefficient (Wildman–Crippen LogP) is 2.21. The van der Waals surface area contributed by atoms with E-state index in [9.17, 15) is 14.9 Å². The molecule has 20 heavy (non-hydrogen) atoms. The number of hydrogen-bond donors (Lipinski definition) is 1. The smallest absolute Gasteiger partial charge is 0.310 e. The minimum Gasteiger partial charge on any atom is -0.365 e. The Bertz CT molecular complexity index is 536. The van der Waals surface area contributed by atoms with Crippen molar-refractivity contribution in [1.82, 2.24) is 5.32 Å². The van der Waals surface area contributed by atoms with Crippen molar-refractivity contribution in [3.05, 3.63) is 33.3 Å².